The van der Waals surface area contributed by atoms with Gasteiger partial charge in [0, 0.05) is 30.3 Å². The van der Waals surface area contributed by atoms with Gasteiger partial charge in [-0.15, -0.1) is 5.11 Å². The second-order valence-corrected chi connectivity index (χ2v) is 9.34. The van der Waals surface area contributed by atoms with Crippen LogP contribution in [0.4, 0.5) is 0 Å². The summed E-state index contributed by atoms with van der Waals surface area (Å²) in [5, 5.41) is 18.0. The minimum absolute atomic E-state index is 0.171. The molecule has 0 saturated heterocycles. The van der Waals surface area contributed by atoms with Gasteiger partial charge >= 0.3 is 5.97 Å². The van der Waals surface area contributed by atoms with E-state index in [2.05, 4.69) is 33.4 Å². The summed E-state index contributed by atoms with van der Waals surface area (Å²) >= 11 is 0. The Morgan fingerprint density at radius 2 is 1.78 bits per heavy atom. The van der Waals surface area contributed by atoms with Gasteiger partial charge in [-0.05, 0) is 47.2 Å². The van der Waals surface area contributed by atoms with Crippen molar-refractivity contribution < 1.29 is 14.7 Å². The molecule has 1 aliphatic heterocycles. The van der Waals surface area contributed by atoms with Crippen LogP contribution in [-0.4, -0.2) is 45.4 Å². The molecular weight excluding hydrogens is 466 g/mol. The summed E-state index contributed by atoms with van der Waals surface area (Å²) in [5.41, 5.74) is 5.33. The first-order chi connectivity index (χ1) is 17.9. The van der Waals surface area contributed by atoms with Crippen LogP contribution in [0, 0.1) is 5.92 Å². The van der Waals surface area contributed by atoms with E-state index in [4.69, 9.17) is 4.98 Å². The molecule has 1 amide bonds. The lowest BCUT2D eigenvalue weighted by molar-refractivity contribution is -0.153. The van der Waals surface area contributed by atoms with E-state index in [0.717, 1.165) is 33.5 Å². The van der Waals surface area contributed by atoms with Gasteiger partial charge in [0.1, 0.15) is 6.04 Å². The SMILES string of the molecule is CCCC(=O)N(Cc1ccc(-c2cc(-c3ccccc3)ccc2C2=NCN=N2)nc1)[C@H](C(=O)O)C(C)C. The quantitative estimate of drug-likeness (QED) is 0.380. The Balaban J connectivity index is 1.69. The molecule has 2 aromatic carbocycles. The Morgan fingerprint density at radius 1 is 1.00 bits per heavy atom. The van der Waals surface area contributed by atoms with Crippen molar-refractivity contribution in [2.45, 2.75) is 46.2 Å². The van der Waals surface area contributed by atoms with Gasteiger partial charge in [0.25, 0.3) is 0 Å². The Kier molecular flexibility index (Phi) is 8.18. The Hall–Kier alpha value is -4.20. The third kappa shape index (κ3) is 5.97. The molecule has 1 atom stereocenters. The van der Waals surface area contributed by atoms with E-state index in [1.54, 1.807) is 6.20 Å². The molecule has 1 aliphatic rings. The van der Waals surface area contributed by atoms with Crippen LogP contribution in [0.2, 0.25) is 0 Å². The highest BCUT2D eigenvalue weighted by molar-refractivity contribution is 6.05. The molecule has 0 fully saturated rings. The monoisotopic (exact) mass is 497 g/mol. The first-order valence-electron chi connectivity index (χ1n) is 12.5. The maximum Gasteiger partial charge on any atom is 0.326 e. The number of carboxylic acids is 1. The molecule has 1 N–H and O–H groups in total. The molecule has 3 aromatic rings. The van der Waals surface area contributed by atoms with Gasteiger partial charge in [-0.1, -0.05) is 63.2 Å². The first-order valence-corrected chi connectivity index (χ1v) is 12.5. The van der Waals surface area contributed by atoms with Crippen LogP contribution in [0.3, 0.4) is 0 Å². The van der Waals surface area contributed by atoms with E-state index in [9.17, 15) is 14.7 Å². The third-order valence-corrected chi connectivity index (χ3v) is 6.27. The van der Waals surface area contributed by atoms with E-state index in [1.165, 1.54) is 4.90 Å². The number of rotatable bonds is 10. The van der Waals surface area contributed by atoms with Crippen LogP contribution < -0.4 is 0 Å². The van der Waals surface area contributed by atoms with E-state index in [1.807, 2.05) is 63.2 Å². The number of azo groups is 1. The number of pyridine rings is 1. The lowest BCUT2D eigenvalue weighted by atomic mass is 9.96. The van der Waals surface area contributed by atoms with E-state index in [0.29, 0.717) is 25.3 Å². The van der Waals surface area contributed by atoms with Gasteiger partial charge in [-0.25, -0.2) is 9.79 Å². The predicted octanol–water partition coefficient (Wildman–Crippen LogP) is 5.82. The zero-order valence-electron chi connectivity index (χ0n) is 21.3. The normalized spacial score (nSPS) is 13.5. The summed E-state index contributed by atoms with van der Waals surface area (Å²) in [6.45, 7) is 6.03. The molecule has 0 saturated carbocycles. The molecule has 0 unspecified atom stereocenters. The standard InChI is InChI=1S/C29H31N5O3/c1-4-8-26(35)34(27(19(2)3)29(36)37)17-20-11-14-25(30-16-20)24-15-22(21-9-6-5-7-10-21)12-13-23(24)28-31-18-32-33-28/h5-7,9-16,19,27H,4,8,17-18H2,1-3H3,(H,36,37)/t27-/m0/s1. The number of benzene rings is 2. The maximum absolute atomic E-state index is 12.9. The Labute approximate surface area is 216 Å². The van der Waals surface area contributed by atoms with Crippen LogP contribution in [0.5, 0.6) is 0 Å². The Bertz CT molecular complexity index is 1320. The molecule has 4 rings (SSSR count). The first kappa shape index (κ1) is 25.9. The summed E-state index contributed by atoms with van der Waals surface area (Å²) in [7, 11) is 0. The van der Waals surface area contributed by atoms with Crippen molar-refractivity contribution in [1.29, 1.82) is 0 Å². The maximum atomic E-state index is 12.9. The van der Waals surface area contributed by atoms with Gasteiger partial charge in [-0.2, -0.15) is 5.11 Å². The van der Waals surface area contributed by atoms with Crippen molar-refractivity contribution in [2.24, 2.45) is 21.1 Å². The fourth-order valence-corrected chi connectivity index (χ4v) is 4.48. The number of amidine groups is 1. The molecule has 8 heteroatoms. The van der Waals surface area contributed by atoms with Crippen molar-refractivity contribution in [2.75, 3.05) is 6.67 Å². The molecule has 1 aromatic heterocycles. The van der Waals surface area contributed by atoms with Crippen LogP contribution in [0.1, 0.15) is 44.7 Å². The molecule has 37 heavy (non-hydrogen) atoms. The summed E-state index contributed by atoms with van der Waals surface area (Å²) in [4.78, 5) is 35.4. The van der Waals surface area contributed by atoms with Gasteiger partial charge in [0.2, 0.25) is 5.91 Å². The average molecular weight is 498 g/mol. The molecule has 0 spiro atoms. The number of carbonyl (C=O) groups excluding carboxylic acids is 1. The molecule has 0 radical (unpaired) electrons. The van der Waals surface area contributed by atoms with Crippen molar-refractivity contribution in [3.63, 3.8) is 0 Å². The lowest BCUT2D eigenvalue weighted by Gasteiger charge is -2.31. The predicted molar refractivity (Wildman–Crippen MR) is 143 cm³/mol. The number of amides is 1. The van der Waals surface area contributed by atoms with Crippen LogP contribution in [0.15, 0.2) is 82.1 Å². The number of aromatic nitrogens is 1. The number of aliphatic carboxylic acids is 1. The highest BCUT2D eigenvalue weighted by Crippen LogP contribution is 2.30. The van der Waals surface area contributed by atoms with Gasteiger partial charge in [0.15, 0.2) is 12.5 Å². The minimum atomic E-state index is -1.00. The van der Waals surface area contributed by atoms with Crippen LogP contribution >= 0.6 is 0 Å². The second kappa shape index (κ2) is 11.7. The molecule has 0 aliphatic carbocycles. The fourth-order valence-electron chi connectivity index (χ4n) is 4.48. The van der Waals surface area contributed by atoms with Crippen LogP contribution in [0.25, 0.3) is 22.4 Å². The zero-order valence-corrected chi connectivity index (χ0v) is 21.3. The summed E-state index contributed by atoms with van der Waals surface area (Å²) < 4.78 is 0. The number of hydrogen-bond acceptors (Lipinski definition) is 6. The van der Waals surface area contributed by atoms with Crippen LogP contribution in [-0.2, 0) is 16.1 Å². The topological polar surface area (TPSA) is 108 Å². The van der Waals surface area contributed by atoms with Crippen molar-refractivity contribution in [3.05, 3.63) is 78.0 Å². The number of hydrogen-bond donors (Lipinski definition) is 1. The van der Waals surface area contributed by atoms with E-state index < -0.39 is 12.0 Å². The fraction of sp³-hybridized carbons (Fsp3) is 0.310. The van der Waals surface area contributed by atoms with Crippen molar-refractivity contribution >= 4 is 17.7 Å². The smallest absolute Gasteiger partial charge is 0.326 e. The molecule has 2 heterocycles. The summed E-state index contributed by atoms with van der Waals surface area (Å²) in [6, 6.07) is 19.1. The van der Waals surface area contributed by atoms with Gasteiger partial charge in [-0.3, -0.25) is 9.78 Å². The molecule has 190 valence electrons. The second-order valence-electron chi connectivity index (χ2n) is 9.34. The van der Waals surface area contributed by atoms with Gasteiger partial charge in [0.05, 0.1) is 5.69 Å². The lowest BCUT2D eigenvalue weighted by Crippen LogP contribution is -2.47. The van der Waals surface area contributed by atoms with E-state index in [-0.39, 0.29) is 18.4 Å². The zero-order chi connectivity index (χ0) is 26.4. The largest absolute Gasteiger partial charge is 0.480 e. The third-order valence-electron chi connectivity index (χ3n) is 6.27. The molecule has 8 nitrogen and oxygen atoms in total. The number of aliphatic imine (C=N–C) groups is 1. The van der Waals surface area contributed by atoms with Gasteiger partial charge < -0.3 is 10.0 Å². The molecular formula is C29H31N5O3. The Morgan fingerprint density at radius 3 is 2.38 bits per heavy atom. The highest BCUT2D eigenvalue weighted by Gasteiger charge is 2.32. The average Bonchev–Trinajstić information content (AvgIpc) is 3.43. The summed E-state index contributed by atoms with van der Waals surface area (Å²) in [5.74, 6) is -0.832. The van der Waals surface area contributed by atoms with Crippen molar-refractivity contribution in [1.82, 2.24) is 9.88 Å². The van der Waals surface area contributed by atoms with Crippen molar-refractivity contribution in [3.8, 4) is 22.4 Å². The number of carbonyl (C=O) groups is 2. The highest BCUT2D eigenvalue weighted by atomic mass is 16.4. The minimum Gasteiger partial charge on any atom is -0.480 e. The van der Waals surface area contributed by atoms with E-state index >= 15 is 0 Å². The number of nitrogens with zero attached hydrogens (tertiary/aromatic N) is 5. The number of carboxylic acid groups (broad SMARTS) is 1. The summed E-state index contributed by atoms with van der Waals surface area (Å²) in [6.07, 6.45) is 2.66. The molecule has 0 bridgehead atoms.